The van der Waals surface area contributed by atoms with Crippen molar-refractivity contribution in [1.29, 1.82) is 0 Å². The Morgan fingerprint density at radius 3 is 2.62 bits per heavy atom. The van der Waals surface area contributed by atoms with E-state index in [0.29, 0.717) is 13.1 Å². The van der Waals surface area contributed by atoms with Crippen LogP contribution >= 0.6 is 15.9 Å². The van der Waals surface area contributed by atoms with Gasteiger partial charge < -0.3 is 15.7 Å². The largest absolute Gasteiger partial charge is 0.417 e. The van der Waals surface area contributed by atoms with Crippen LogP contribution in [0.15, 0.2) is 22.7 Å². The summed E-state index contributed by atoms with van der Waals surface area (Å²) in [4.78, 5) is 11.8. The highest BCUT2D eigenvalue weighted by Gasteiger charge is 2.33. The van der Waals surface area contributed by atoms with Crippen LogP contribution in [0.5, 0.6) is 0 Å². The number of benzene rings is 1. The van der Waals surface area contributed by atoms with E-state index in [0.717, 1.165) is 6.07 Å². The second-order valence-electron chi connectivity index (χ2n) is 4.50. The van der Waals surface area contributed by atoms with Gasteiger partial charge in [0, 0.05) is 29.7 Å². The lowest BCUT2D eigenvalue weighted by Crippen LogP contribution is -2.34. The van der Waals surface area contributed by atoms with Crippen molar-refractivity contribution in [2.24, 2.45) is 0 Å². The average molecular weight is 369 g/mol. The number of aliphatic hydroxyl groups is 1. The number of carbonyl (C=O) groups excluding carboxylic acids is 1. The summed E-state index contributed by atoms with van der Waals surface area (Å²) in [5.74, 6) is -0.577. The molecule has 0 fully saturated rings. The number of carbonyl (C=O) groups is 1. The molecular weight excluding hydrogens is 353 g/mol. The maximum absolute atomic E-state index is 12.7. The van der Waals surface area contributed by atoms with Crippen molar-refractivity contribution in [2.75, 3.05) is 19.6 Å². The van der Waals surface area contributed by atoms with Crippen LogP contribution in [0.25, 0.3) is 0 Å². The molecule has 0 saturated heterocycles. The minimum atomic E-state index is -4.52. The van der Waals surface area contributed by atoms with E-state index in [1.807, 2.05) is 0 Å². The van der Waals surface area contributed by atoms with Crippen LogP contribution in [0.1, 0.15) is 22.8 Å². The van der Waals surface area contributed by atoms with Gasteiger partial charge in [0.25, 0.3) is 5.91 Å². The molecule has 0 aromatic heterocycles. The zero-order chi connectivity index (χ0) is 16.0. The quantitative estimate of drug-likeness (QED) is 0.674. The molecule has 1 aromatic carbocycles. The Bertz CT molecular complexity index is 493. The van der Waals surface area contributed by atoms with Crippen molar-refractivity contribution in [2.45, 2.75) is 19.2 Å². The highest BCUT2D eigenvalue weighted by Crippen LogP contribution is 2.35. The predicted octanol–water partition coefficient (Wildman–Crippen LogP) is 2.17. The molecule has 8 heteroatoms. The van der Waals surface area contributed by atoms with E-state index in [9.17, 15) is 18.0 Å². The molecule has 0 aliphatic heterocycles. The molecule has 0 radical (unpaired) electrons. The number of nitrogens with one attached hydrogen (secondary N) is 2. The monoisotopic (exact) mass is 368 g/mol. The van der Waals surface area contributed by atoms with Crippen LogP contribution in [0.3, 0.4) is 0 Å². The van der Waals surface area contributed by atoms with E-state index in [-0.39, 0.29) is 16.6 Å². The summed E-state index contributed by atoms with van der Waals surface area (Å²) in [7, 11) is 0. The van der Waals surface area contributed by atoms with E-state index >= 15 is 0 Å². The van der Waals surface area contributed by atoms with Gasteiger partial charge in [0.2, 0.25) is 0 Å². The molecule has 1 aromatic rings. The zero-order valence-corrected chi connectivity index (χ0v) is 12.9. The molecule has 118 valence electrons. The summed E-state index contributed by atoms with van der Waals surface area (Å²) >= 11 is 2.82. The summed E-state index contributed by atoms with van der Waals surface area (Å²) < 4.78 is 38.1. The molecule has 3 N–H and O–H groups in total. The third kappa shape index (κ3) is 6.03. The van der Waals surface area contributed by atoms with E-state index in [1.54, 1.807) is 6.92 Å². The maximum Gasteiger partial charge on any atom is 0.417 e. The van der Waals surface area contributed by atoms with Gasteiger partial charge in [-0.1, -0.05) is 15.9 Å². The van der Waals surface area contributed by atoms with Gasteiger partial charge >= 0.3 is 6.18 Å². The number of amides is 1. The van der Waals surface area contributed by atoms with Crippen molar-refractivity contribution in [3.63, 3.8) is 0 Å². The highest BCUT2D eigenvalue weighted by molar-refractivity contribution is 9.10. The van der Waals surface area contributed by atoms with Crippen molar-refractivity contribution in [3.05, 3.63) is 33.8 Å². The normalized spacial score (nSPS) is 13.0. The van der Waals surface area contributed by atoms with Crippen molar-refractivity contribution in [3.8, 4) is 0 Å². The lowest BCUT2D eigenvalue weighted by atomic mass is 10.1. The second-order valence-corrected chi connectivity index (χ2v) is 5.36. The summed E-state index contributed by atoms with van der Waals surface area (Å²) in [6.07, 6.45) is -5.02. The molecule has 0 bridgehead atoms. The van der Waals surface area contributed by atoms with Crippen molar-refractivity contribution in [1.82, 2.24) is 10.6 Å². The van der Waals surface area contributed by atoms with Crippen LogP contribution in [-0.4, -0.2) is 36.8 Å². The average Bonchev–Trinajstić information content (AvgIpc) is 2.36. The van der Waals surface area contributed by atoms with Crippen LogP contribution in [0.2, 0.25) is 0 Å². The Kier molecular flexibility index (Phi) is 6.63. The molecule has 1 atom stereocenters. The number of hydrogen-bond acceptors (Lipinski definition) is 3. The Labute approximate surface area is 128 Å². The molecular formula is C13H16BrF3N2O2. The van der Waals surface area contributed by atoms with E-state index < -0.39 is 23.8 Å². The summed E-state index contributed by atoms with van der Waals surface area (Å²) in [5.41, 5.74) is -0.941. The van der Waals surface area contributed by atoms with Gasteiger partial charge in [0.15, 0.2) is 0 Å². The first-order valence-electron chi connectivity index (χ1n) is 6.25. The second kappa shape index (κ2) is 7.77. The predicted molar refractivity (Wildman–Crippen MR) is 76.0 cm³/mol. The minimum Gasteiger partial charge on any atom is -0.392 e. The fourth-order valence-electron chi connectivity index (χ4n) is 1.56. The van der Waals surface area contributed by atoms with Gasteiger partial charge in [-0.2, -0.15) is 13.2 Å². The smallest absolute Gasteiger partial charge is 0.392 e. The Morgan fingerprint density at radius 2 is 2.05 bits per heavy atom. The molecule has 1 unspecified atom stereocenters. The number of aliphatic hydroxyl groups excluding tert-OH is 1. The highest BCUT2D eigenvalue weighted by atomic mass is 79.9. The first-order chi connectivity index (χ1) is 9.71. The van der Waals surface area contributed by atoms with Crippen LogP contribution in [0.4, 0.5) is 13.2 Å². The van der Waals surface area contributed by atoms with Crippen LogP contribution < -0.4 is 10.6 Å². The van der Waals surface area contributed by atoms with Gasteiger partial charge in [-0.3, -0.25) is 4.79 Å². The molecule has 0 aliphatic rings. The summed E-state index contributed by atoms with van der Waals surface area (Å²) in [5, 5.41) is 14.4. The van der Waals surface area contributed by atoms with E-state index in [2.05, 4.69) is 26.6 Å². The molecule has 0 saturated carbocycles. The molecule has 1 amide bonds. The van der Waals surface area contributed by atoms with Gasteiger partial charge in [-0.05, 0) is 25.1 Å². The van der Waals surface area contributed by atoms with Crippen LogP contribution in [0, 0.1) is 0 Å². The third-order valence-electron chi connectivity index (χ3n) is 2.56. The first kappa shape index (κ1) is 17.9. The molecule has 0 spiro atoms. The fourth-order valence-corrected chi connectivity index (χ4v) is 2.03. The number of alkyl halides is 3. The number of halogens is 4. The first-order valence-corrected chi connectivity index (χ1v) is 7.05. The molecule has 1 rings (SSSR count). The molecule has 0 aliphatic carbocycles. The molecule has 21 heavy (non-hydrogen) atoms. The SMILES string of the molecule is CC(O)CNCCNC(=O)c1ccc(Br)c(C(F)(F)F)c1. The third-order valence-corrected chi connectivity index (χ3v) is 3.25. The number of hydrogen-bond donors (Lipinski definition) is 3. The van der Waals surface area contributed by atoms with Crippen molar-refractivity contribution >= 4 is 21.8 Å². The Morgan fingerprint density at radius 1 is 1.38 bits per heavy atom. The van der Waals surface area contributed by atoms with Crippen molar-refractivity contribution < 1.29 is 23.1 Å². The summed E-state index contributed by atoms with van der Waals surface area (Å²) in [6, 6.07) is 3.32. The van der Waals surface area contributed by atoms with Crippen LogP contribution in [-0.2, 0) is 6.18 Å². The lowest BCUT2D eigenvalue weighted by Gasteiger charge is -2.12. The Hall–Kier alpha value is -1.12. The zero-order valence-electron chi connectivity index (χ0n) is 11.3. The van der Waals surface area contributed by atoms with Gasteiger partial charge in [0.05, 0.1) is 11.7 Å². The fraction of sp³-hybridized carbons (Fsp3) is 0.462. The lowest BCUT2D eigenvalue weighted by molar-refractivity contribution is -0.138. The van der Waals surface area contributed by atoms with E-state index in [4.69, 9.17) is 5.11 Å². The minimum absolute atomic E-state index is 0.0546. The summed E-state index contributed by atoms with van der Waals surface area (Å²) in [6.45, 7) is 2.67. The Balaban J connectivity index is 2.59. The van der Waals surface area contributed by atoms with E-state index in [1.165, 1.54) is 12.1 Å². The molecule has 4 nitrogen and oxygen atoms in total. The van der Waals surface area contributed by atoms with Gasteiger partial charge in [-0.25, -0.2) is 0 Å². The standard InChI is InChI=1S/C13H16BrF3N2O2/c1-8(20)7-18-4-5-19-12(21)9-2-3-11(14)10(6-9)13(15,16)17/h2-3,6,8,18,20H,4-5,7H2,1H3,(H,19,21). The topological polar surface area (TPSA) is 61.4 Å². The van der Waals surface area contributed by atoms with Gasteiger partial charge in [0.1, 0.15) is 0 Å². The number of rotatable bonds is 6. The molecule has 0 heterocycles. The maximum atomic E-state index is 12.7. The van der Waals surface area contributed by atoms with Gasteiger partial charge in [-0.15, -0.1) is 0 Å².